The molecule has 1 rings (SSSR count). The molecular weight excluding hydrogens is 160 g/mol. The van der Waals surface area contributed by atoms with E-state index in [0.29, 0.717) is 0 Å². The Balaban J connectivity index is 3.25. The first kappa shape index (κ1) is 10.3. The first-order chi connectivity index (χ1) is 5.70. The maximum Gasteiger partial charge on any atom is 0.100 e. The molecule has 1 heterocycles. The van der Waals surface area contributed by atoms with Gasteiger partial charge >= 0.3 is 0 Å². The highest BCUT2D eigenvalue weighted by atomic mass is 15.2. The van der Waals surface area contributed by atoms with Gasteiger partial charge in [-0.3, -0.25) is 4.99 Å². The van der Waals surface area contributed by atoms with E-state index in [1.165, 1.54) is 0 Å². The van der Waals surface area contributed by atoms with Crippen LogP contribution in [0.4, 0.5) is 0 Å². The second kappa shape index (κ2) is 2.60. The third-order valence-corrected chi connectivity index (χ3v) is 3.58. The van der Waals surface area contributed by atoms with Crippen LogP contribution in [0.1, 0.15) is 34.6 Å². The van der Waals surface area contributed by atoms with Crippen LogP contribution in [-0.2, 0) is 0 Å². The van der Waals surface area contributed by atoms with Crippen LogP contribution in [0, 0.1) is 5.41 Å². The molecule has 0 amide bonds. The molecule has 2 heteroatoms. The number of hydrogen-bond donors (Lipinski definition) is 0. The minimum Gasteiger partial charge on any atom is -0.337 e. The number of nitrogens with zero attached hydrogens (tertiary/aromatic N) is 2. The molecule has 0 aromatic heterocycles. The second-order valence-corrected chi connectivity index (χ2v) is 4.85. The van der Waals surface area contributed by atoms with E-state index in [9.17, 15) is 0 Å². The van der Waals surface area contributed by atoms with Crippen molar-refractivity contribution in [1.82, 2.24) is 4.90 Å². The highest BCUT2D eigenvalue weighted by Gasteiger charge is 2.44. The van der Waals surface area contributed by atoms with Gasteiger partial charge in [0.25, 0.3) is 0 Å². The summed E-state index contributed by atoms with van der Waals surface area (Å²) < 4.78 is 0. The number of aliphatic imine (C=N–C) groups is 1. The minimum absolute atomic E-state index is 0.0290. The highest BCUT2D eigenvalue weighted by Crippen LogP contribution is 2.43. The third kappa shape index (κ3) is 1.28. The van der Waals surface area contributed by atoms with Gasteiger partial charge in [0, 0.05) is 18.2 Å². The fourth-order valence-electron chi connectivity index (χ4n) is 1.59. The zero-order valence-corrected chi connectivity index (χ0v) is 9.60. The summed E-state index contributed by atoms with van der Waals surface area (Å²) in [6.45, 7) is 14.9. The zero-order valence-electron chi connectivity index (χ0n) is 9.60. The van der Waals surface area contributed by atoms with Crippen molar-refractivity contribution in [3.8, 4) is 0 Å². The second-order valence-electron chi connectivity index (χ2n) is 4.85. The van der Waals surface area contributed by atoms with Gasteiger partial charge in [-0.1, -0.05) is 20.4 Å². The lowest BCUT2D eigenvalue weighted by molar-refractivity contribution is 0.200. The van der Waals surface area contributed by atoms with Crippen LogP contribution < -0.4 is 0 Å². The van der Waals surface area contributed by atoms with E-state index < -0.39 is 0 Å². The fraction of sp³-hybridized carbons (Fsp3) is 0.727. The predicted molar refractivity (Wildman–Crippen MR) is 57.9 cm³/mol. The first-order valence-electron chi connectivity index (χ1n) is 4.70. The summed E-state index contributed by atoms with van der Waals surface area (Å²) in [4.78, 5) is 6.76. The third-order valence-electron chi connectivity index (χ3n) is 3.58. The number of hydrogen-bond acceptors (Lipinski definition) is 2. The molecule has 0 saturated carbocycles. The van der Waals surface area contributed by atoms with E-state index >= 15 is 0 Å². The van der Waals surface area contributed by atoms with Crippen molar-refractivity contribution in [1.29, 1.82) is 0 Å². The molecule has 0 aromatic rings. The summed E-state index contributed by atoms with van der Waals surface area (Å²) in [5.74, 6) is 1.05. The van der Waals surface area contributed by atoms with E-state index in [1.54, 1.807) is 0 Å². The van der Waals surface area contributed by atoms with Crippen molar-refractivity contribution in [3.63, 3.8) is 0 Å². The smallest absolute Gasteiger partial charge is 0.100 e. The maximum absolute atomic E-state index is 4.68. The SMILES string of the molecule is C=C1N(C)C(C)=NC(C)(C)C1(C)C. The Labute approximate surface area is 81.3 Å². The maximum atomic E-state index is 4.68. The Morgan fingerprint density at radius 3 is 2.15 bits per heavy atom. The largest absolute Gasteiger partial charge is 0.337 e. The molecule has 13 heavy (non-hydrogen) atoms. The molecule has 0 aromatic carbocycles. The molecule has 1 aliphatic heterocycles. The summed E-state index contributed by atoms with van der Waals surface area (Å²) >= 11 is 0. The Morgan fingerprint density at radius 2 is 1.69 bits per heavy atom. The summed E-state index contributed by atoms with van der Waals surface area (Å²) in [6.07, 6.45) is 0. The van der Waals surface area contributed by atoms with Crippen molar-refractivity contribution in [2.75, 3.05) is 7.05 Å². The van der Waals surface area contributed by atoms with Gasteiger partial charge in [-0.15, -0.1) is 0 Å². The topological polar surface area (TPSA) is 15.6 Å². The summed E-state index contributed by atoms with van der Waals surface area (Å²) in [7, 11) is 2.03. The van der Waals surface area contributed by atoms with E-state index in [1.807, 2.05) is 14.0 Å². The van der Waals surface area contributed by atoms with E-state index in [-0.39, 0.29) is 11.0 Å². The van der Waals surface area contributed by atoms with Crippen LogP contribution in [0.5, 0.6) is 0 Å². The van der Waals surface area contributed by atoms with Gasteiger partial charge in [0.1, 0.15) is 5.84 Å². The van der Waals surface area contributed by atoms with Gasteiger partial charge in [0.15, 0.2) is 0 Å². The lowest BCUT2D eigenvalue weighted by Crippen LogP contribution is -2.49. The molecule has 0 fully saturated rings. The van der Waals surface area contributed by atoms with Gasteiger partial charge in [-0.05, 0) is 20.8 Å². The van der Waals surface area contributed by atoms with Crippen molar-refractivity contribution in [3.05, 3.63) is 12.3 Å². The van der Waals surface area contributed by atoms with E-state index in [2.05, 4.69) is 44.2 Å². The first-order valence-corrected chi connectivity index (χ1v) is 4.70. The van der Waals surface area contributed by atoms with Crippen LogP contribution >= 0.6 is 0 Å². The minimum atomic E-state index is -0.0549. The summed E-state index contributed by atoms with van der Waals surface area (Å²) in [5.41, 5.74) is 1.12. The molecule has 0 atom stereocenters. The van der Waals surface area contributed by atoms with Gasteiger partial charge in [0.2, 0.25) is 0 Å². The van der Waals surface area contributed by atoms with Crippen molar-refractivity contribution in [2.45, 2.75) is 40.2 Å². The quantitative estimate of drug-likeness (QED) is 0.559. The Morgan fingerprint density at radius 1 is 1.23 bits per heavy atom. The molecule has 0 saturated heterocycles. The molecule has 0 radical (unpaired) electrons. The Kier molecular flexibility index (Phi) is 2.06. The standard InChI is InChI=1S/C11H20N2/c1-8-10(3,4)11(5,6)12-9(2)13(8)7/h1H2,2-7H3. The predicted octanol–water partition coefficient (Wildman–Crippen LogP) is 2.67. The molecule has 1 aliphatic rings. The van der Waals surface area contributed by atoms with Crippen LogP contribution in [-0.4, -0.2) is 23.3 Å². The number of rotatable bonds is 0. The Bertz CT molecular complexity index is 272. The number of amidine groups is 1. The van der Waals surface area contributed by atoms with Crippen LogP contribution in [0.15, 0.2) is 17.3 Å². The normalized spacial score (nSPS) is 25.8. The van der Waals surface area contributed by atoms with Crippen molar-refractivity contribution < 1.29 is 0 Å². The highest BCUT2D eigenvalue weighted by molar-refractivity contribution is 5.83. The average Bonchev–Trinajstić information content (AvgIpc) is 1.98. The molecule has 2 nitrogen and oxygen atoms in total. The molecule has 0 bridgehead atoms. The molecule has 74 valence electrons. The monoisotopic (exact) mass is 180 g/mol. The fourth-order valence-corrected chi connectivity index (χ4v) is 1.59. The summed E-state index contributed by atoms with van der Waals surface area (Å²) in [6, 6.07) is 0. The van der Waals surface area contributed by atoms with Crippen LogP contribution in [0.25, 0.3) is 0 Å². The van der Waals surface area contributed by atoms with Crippen LogP contribution in [0.2, 0.25) is 0 Å². The van der Waals surface area contributed by atoms with Gasteiger partial charge in [-0.25, -0.2) is 0 Å². The van der Waals surface area contributed by atoms with Gasteiger partial charge < -0.3 is 4.90 Å². The molecule has 0 spiro atoms. The summed E-state index contributed by atoms with van der Waals surface area (Å²) in [5, 5.41) is 0. The lowest BCUT2D eigenvalue weighted by Gasteiger charge is -2.48. The molecule has 0 unspecified atom stereocenters. The van der Waals surface area contributed by atoms with Gasteiger partial charge in [0.05, 0.1) is 5.54 Å². The van der Waals surface area contributed by atoms with E-state index in [4.69, 9.17) is 0 Å². The molecule has 0 N–H and O–H groups in total. The zero-order chi connectivity index (χ0) is 10.4. The average molecular weight is 180 g/mol. The van der Waals surface area contributed by atoms with Crippen LogP contribution in [0.3, 0.4) is 0 Å². The Hall–Kier alpha value is -0.790. The molecule has 0 aliphatic carbocycles. The van der Waals surface area contributed by atoms with E-state index in [0.717, 1.165) is 11.5 Å². The van der Waals surface area contributed by atoms with Gasteiger partial charge in [-0.2, -0.15) is 0 Å². The van der Waals surface area contributed by atoms with Crippen molar-refractivity contribution in [2.24, 2.45) is 10.4 Å². The molecular formula is C11H20N2. The van der Waals surface area contributed by atoms with Crippen molar-refractivity contribution >= 4 is 5.84 Å². The lowest BCUT2D eigenvalue weighted by atomic mass is 9.71.